The molecule has 0 radical (unpaired) electrons. The first kappa shape index (κ1) is 18.9. The molecule has 0 spiro atoms. The summed E-state index contributed by atoms with van der Waals surface area (Å²) >= 11 is 1.36. The summed E-state index contributed by atoms with van der Waals surface area (Å²) in [5.74, 6) is -0.728. The number of thiophene rings is 1. The van der Waals surface area contributed by atoms with Crippen molar-refractivity contribution in [2.75, 3.05) is 25.6 Å². The molecule has 1 aliphatic heterocycles. The lowest BCUT2D eigenvalue weighted by Crippen LogP contribution is -2.32. The lowest BCUT2D eigenvalue weighted by molar-refractivity contribution is -0.130. The van der Waals surface area contributed by atoms with Gasteiger partial charge in [0.05, 0.1) is 25.4 Å². The molecular weight excluding hydrogens is 330 g/mol. The van der Waals surface area contributed by atoms with Gasteiger partial charge >= 0.3 is 5.97 Å². The second-order valence-electron chi connectivity index (χ2n) is 5.93. The number of nitrogens with one attached hydrogen (secondary N) is 1. The van der Waals surface area contributed by atoms with Crippen molar-refractivity contribution in [3.8, 4) is 0 Å². The van der Waals surface area contributed by atoms with Crippen molar-refractivity contribution in [2.45, 2.75) is 52.2 Å². The van der Waals surface area contributed by atoms with E-state index in [2.05, 4.69) is 5.32 Å². The maximum Gasteiger partial charge on any atom is 0.341 e. The van der Waals surface area contributed by atoms with Crippen molar-refractivity contribution < 1.29 is 23.8 Å². The minimum atomic E-state index is -0.622. The fourth-order valence-electron chi connectivity index (χ4n) is 2.54. The predicted octanol–water partition coefficient (Wildman–Crippen LogP) is 3.06. The molecule has 0 aromatic carbocycles. The van der Waals surface area contributed by atoms with Crippen LogP contribution >= 0.6 is 11.3 Å². The Labute approximate surface area is 146 Å². The van der Waals surface area contributed by atoms with Gasteiger partial charge in [0.15, 0.2) is 0 Å². The highest BCUT2D eigenvalue weighted by molar-refractivity contribution is 7.16. The number of hydrogen-bond donors (Lipinski definition) is 1. The molecule has 6 nitrogen and oxygen atoms in total. The number of esters is 1. The molecule has 134 valence electrons. The summed E-state index contributed by atoms with van der Waals surface area (Å²) < 4.78 is 16.0. The van der Waals surface area contributed by atoms with Gasteiger partial charge in [-0.1, -0.05) is 0 Å². The highest BCUT2D eigenvalue weighted by Crippen LogP contribution is 2.33. The van der Waals surface area contributed by atoms with Crippen LogP contribution in [0.15, 0.2) is 0 Å². The van der Waals surface area contributed by atoms with Crippen molar-refractivity contribution in [1.29, 1.82) is 0 Å². The summed E-state index contributed by atoms with van der Waals surface area (Å²) in [6.07, 6.45) is 2.61. The van der Waals surface area contributed by atoms with Gasteiger partial charge in [0.2, 0.25) is 0 Å². The van der Waals surface area contributed by atoms with Gasteiger partial charge < -0.3 is 19.5 Å². The molecule has 1 aliphatic rings. The summed E-state index contributed by atoms with van der Waals surface area (Å²) in [5.41, 5.74) is 1.24. The van der Waals surface area contributed by atoms with Crippen molar-refractivity contribution in [1.82, 2.24) is 0 Å². The third kappa shape index (κ3) is 4.55. The molecule has 1 aromatic rings. The number of hydrogen-bond acceptors (Lipinski definition) is 6. The van der Waals surface area contributed by atoms with Crippen molar-refractivity contribution in [3.63, 3.8) is 0 Å². The molecule has 1 saturated heterocycles. The minimum absolute atomic E-state index is 0.0610. The number of rotatable bonds is 6. The van der Waals surface area contributed by atoms with Gasteiger partial charge in [-0.2, -0.15) is 0 Å². The van der Waals surface area contributed by atoms with Crippen LogP contribution in [0.25, 0.3) is 0 Å². The summed E-state index contributed by atoms with van der Waals surface area (Å²) in [6.45, 7) is 6.60. The van der Waals surface area contributed by atoms with Crippen LogP contribution in [0.1, 0.15) is 47.0 Å². The third-order valence-corrected chi connectivity index (χ3v) is 5.31. The molecule has 0 bridgehead atoms. The molecule has 1 N–H and O–H groups in total. The maximum absolute atomic E-state index is 12.3. The second kappa shape index (κ2) is 8.60. The van der Waals surface area contributed by atoms with E-state index in [9.17, 15) is 9.59 Å². The first-order chi connectivity index (χ1) is 11.4. The number of aryl methyl sites for hydroxylation is 1. The van der Waals surface area contributed by atoms with E-state index in [0.29, 0.717) is 17.2 Å². The number of anilines is 1. The first-order valence-electron chi connectivity index (χ1n) is 8.16. The van der Waals surface area contributed by atoms with E-state index in [4.69, 9.17) is 14.2 Å². The topological polar surface area (TPSA) is 73.9 Å². The highest BCUT2D eigenvalue weighted by Gasteiger charge is 2.24. The molecule has 0 aliphatic carbocycles. The molecule has 2 atom stereocenters. The SMILES string of the molecule is COC(=O)c1c(NC(=O)C(C)OCC2CCCCO2)sc(C)c1C. The summed E-state index contributed by atoms with van der Waals surface area (Å²) in [6, 6.07) is 0. The zero-order valence-electron chi connectivity index (χ0n) is 14.6. The van der Waals surface area contributed by atoms with Crippen LogP contribution in [-0.2, 0) is 19.0 Å². The van der Waals surface area contributed by atoms with Crippen LogP contribution in [0.2, 0.25) is 0 Å². The molecule has 24 heavy (non-hydrogen) atoms. The van der Waals surface area contributed by atoms with Crippen LogP contribution in [0.5, 0.6) is 0 Å². The van der Waals surface area contributed by atoms with Crippen LogP contribution in [0, 0.1) is 13.8 Å². The average Bonchev–Trinajstić information content (AvgIpc) is 2.86. The van der Waals surface area contributed by atoms with Gasteiger partial charge in [-0.15, -0.1) is 11.3 Å². The molecule has 1 aromatic heterocycles. The molecule has 7 heteroatoms. The summed E-state index contributed by atoms with van der Waals surface area (Å²) in [5, 5.41) is 3.29. The van der Waals surface area contributed by atoms with E-state index in [1.165, 1.54) is 18.4 Å². The molecule has 2 heterocycles. The molecule has 1 fully saturated rings. The lowest BCUT2D eigenvalue weighted by Gasteiger charge is -2.23. The average molecular weight is 355 g/mol. The number of carbonyl (C=O) groups is 2. The Kier molecular flexibility index (Phi) is 6.77. The van der Waals surface area contributed by atoms with Crippen molar-refractivity contribution >= 4 is 28.2 Å². The van der Waals surface area contributed by atoms with Crippen LogP contribution in [0.3, 0.4) is 0 Å². The number of methoxy groups -OCH3 is 1. The number of carbonyl (C=O) groups excluding carboxylic acids is 2. The van der Waals surface area contributed by atoms with E-state index in [-0.39, 0.29) is 12.0 Å². The first-order valence-corrected chi connectivity index (χ1v) is 8.98. The predicted molar refractivity (Wildman–Crippen MR) is 92.8 cm³/mol. The molecule has 2 rings (SSSR count). The zero-order chi connectivity index (χ0) is 17.7. The van der Waals surface area contributed by atoms with E-state index < -0.39 is 12.1 Å². The number of amides is 1. The Bertz CT molecular complexity index is 592. The molecule has 0 saturated carbocycles. The quantitative estimate of drug-likeness (QED) is 0.794. The Hall–Kier alpha value is -1.44. The fourth-order valence-corrected chi connectivity index (χ4v) is 3.59. The Morgan fingerprint density at radius 2 is 2.12 bits per heavy atom. The molecule has 2 unspecified atom stereocenters. The van der Waals surface area contributed by atoms with E-state index in [1.54, 1.807) is 6.92 Å². The Balaban J connectivity index is 1.96. The second-order valence-corrected chi connectivity index (χ2v) is 7.16. The minimum Gasteiger partial charge on any atom is -0.465 e. The molecular formula is C17H25NO5S. The van der Waals surface area contributed by atoms with Gasteiger partial charge in [-0.3, -0.25) is 4.79 Å². The van der Waals surface area contributed by atoms with E-state index in [0.717, 1.165) is 36.3 Å². The van der Waals surface area contributed by atoms with Gasteiger partial charge in [-0.05, 0) is 45.6 Å². The van der Waals surface area contributed by atoms with Gasteiger partial charge in [0.25, 0.3) is 5.91 Å². The maximum atomic E-state index is 12.3. The summed E-state index contributed by atoms with van der Waals surface area (Å²) in [7, 11) is 1.33. The monoisotopic (exact) mass is 355 g/mol. The van der Waals surface area contributed by atoms with E-state index in [1.807, 2.05) is 13.8 Å². The van der Waals surface area contributed by atoms with Crippen LogP contribution in [0.4, 0.5) is 5.00 Å². The van der Waals surface area contributed by atoms with E-state index >= 15 is 0 Å². The normalized spacial score (nSPS) is 18.9. The lowest BCUT2D eigenvalue weighted by atomic mass is 10.1. The Morgan fingerprint density at radius 1 is 1.38 bits per heavy atom. The van der Waals surface area contributed by atoms with Crippen LogP contribution in [-0.4, -0.2) is 44.4 Å². The van der Waals surface area contributed by atoms with Crippen LogP contribution < -0.4 is 5.32 Å². The van der Waals surface area contributed by atoms with Gasteiger partial charge in [0.1, 0.15) is 11.1 Å². The fraction of sp³-hybridized carbons (Fsp3) is 0.647. The van der Waals surface area contributed by atoms with Gasteiger partial charge in [0, 0.05) is 11.5 Å². The standard InChI is InChI=1S/C17H25NO5S/c1-10-12(3)24-16(14(10)17(20)21-4)18-15(19)11(2)23-9-13-7-5-6-8-22-13/h11,13H,5-9H2,1-4H3,(H,18,19). The molecule has 1 amide bonds. The highest BCUT2D eigenvalue weighted by atomic mass is 32.1. The van der Waals surface area contributed by atoms with Crippen molar-refractivity contribution in [3.05, 3.63) is 16.0 Å². The summed E-state index contributed by atoms with van der Waals surface area (Å²) in [4.78, 5) is 25.3. The van der Waals surface area contributed by atoms with Gasteiger partial charge in [-0.25, -0.2) is 4.79 Å². The smallest absolute Gasteiger partial charge is 0.341 e. The van der Waals surface area contributed by atoms with Crippen molar-refractivity contribution in [2.24, 2.45) is 0 Å². The Morgan fingerprint density at radius 3 is 2.75 bits per heavy atom. The largest absolute Gasteiger partial charge is 0.465 e. The zero-order valence-corrected chi connectivity index (χ0v) is 15.5. The number of ether oxygens (including phenoxy) is 3. The third-order valence-electron chi connectivity index (χ3n) is 4.19.